The van der Waals surface area contributed by atoms with Crippen LogP contribution in [0.25, 0.3) is 0 Å². The van der Waals surface area contributed by atoms with Crippen molar-refractivity contribution in [2.24, 2.45) is 5.92 Å². The molecule has 3 nitrogen and oxygen atoms in total. The van der Waals surface area contributed by atoms with Crippen molar-refractivity contribution in [1.82, 2.24) is 9.88 Å². The molecular weight excluding hydrogens is 222 g/mol. The number of nitrogens with one attached hydrogen (secondary N) is 1. The second-order valence-corrected chi connectivity index (χ2v) is 5.47. The molecule has 1 N–H and O–H groups in total. The van der Waals surface area contributed by atoms with E-state index in [4.69, 9.17) is 0 Å². The van der Waals surface area contributed by atoms with E-state index in [0.29, 0.717) is 0 Å². The number of aromatic nitrogens is 1. The van der Waals surface area contributed by atoms with Crippen LogP contribution < -0.4 is 5.32 Å². The van der Waals surface area contributed by atoms with E-state index in [1.54, 1.807) is 0 Å². The quantitative estimate of drug-likeness (QED) is 0.866. The fourth-order valence-corrected chi connectivity index (χ4v) is 2.86. The molecule has 0 radical (unpaired) electrons. The van der Waals surface area contributed by atoms with Crippen molar-refractivity contribution in [2.75, 3.05) is 18.4 Å². The molecule has 2 heterocycles. The van der Waals surface area contributed by atoms with Crippen LogP contribution in [0.15, 0.2) is 18.2 Å². The van der Waals surface area contributed by atoms with Gasteiger partial charge in [-0.25, -0.2) is 4.98 Å². The van der Waals surface area contributed by atoms with Gasteiger partial charge in [0.1, 0.15) is 5.82 Å². The van der Waals surface area contributed by atoms with E-state index in [1.165, 1.54) is 25.1 Å². The van der Waals surface area contributed by atoms with Gasteiger partial charge in [-0.15, -0.1) is 0 Å². The minimum Gasteiger partial charge on any atom is -0.370 e. The van der Waals surface area contributed by atoms with Gasteiger partial charge in [0.25, 0.3) is 0 Å². The van der Waals surface area contributed by atoms with Crippen LogP contribution in [0.5, 0.6) is 0 Å². The second-order valence-electron chi connectivity index (χ2n) is 5.47. The molecule has 18 heavy (non-hydrogen) atoms. The Morgan fingerprint density at radius 3 is 3.00 bits per heavy atom. The number of anilines is 1. The molecule has 0 aromatic carbocycles. The van der Waals surface area contributed by atoms with E-state index in [9.17, 15) is 0 Å². The van der Waals surface area contributed by atoms with Gasteiger partial charge < -0.3 is 5.32 Å². The van der Waals surface area contributed by atoms with E-state index in [-0.39, 0.29) is 0 Å². The summed E-state index contributed by atoms with van der Waals surface area (Å²) in [6.45, 7) is 9.88. The van der Waals surface area contributed by atoms with E-state index in [1.807, 2.05) is 6.07 Å². The molecule has 3 heteroatoms. The Morgan fingerprint density at radius 1 is 1.44 bits per heavy atom. The fraction of sp³-hybridized carbons (Fsp3) is 0.667. The lowest BCUT2D eigenvalue weighted by Crippen LogP contribution is -2.33. The standard InChI is InChI=1S/C15H25N3/c1-4-16-15-9-5-7-13(17-15)11-18-10-6-8-14(18)12(2)3/h5,7,9,12,14H,4,6,8,10-11H2,1-3H3,(H,16,17). The Morgan fingerprint density at radius 2 is 2.28 bits per heavy atom. The molecule has 0 aliphatic carbocycles. The zero-order valence-corrected chi connectivity index (χ0v) is 11.8. The molecule has 1 fully saturated rings. The minimum absolute atomic E-state index is 0.731. The molecule has 0 amide bonds. The van der Waals surface area contributed by atoms with Crippen LogP contribution in [-0.2, 0) is 6.54 Å². The molecule has 1 aromatic heterocycles. The van der Waals surface area contributed by atoms with Gasteiger partial charge in [-0.05, 0) is 44.4 Å². The van der Waals surface area contributed by atoms with Crippen LogP contribution in [0, 0.1) is 5.92 Å². The van der Waals surface area contributed by atoms with E-state index < -0.39 is 0 Å². The average molecular weight is 247 g/mol. The highest BCUT2D eigenvalue weighted by Gasteiger charge is 2.27. The zero-order chi connectivity index (χ0) is 13.0. The third kappa shape index (κ3) is 3.22. The number of pyridine rings is 1. The average Bonchev–Trinajstić information content (AvgIpc) is 2.78. The molecule has 0 bridgehead atoms. The summed E-state index contributed by atoms with van der Waals surface area (Å²) < 4.78 is 0. The van der Waals surface area contributed by atoms with E-state index in [0.717, 1.165) is 30.9 Å². The normalized spacial score (nSPS) is 20.6. The van der Waals surface area contributed by atoms with E-state index >= 15 is 0 Å². The van der Waals surface area contributed by atoms with Gasteiger partial charge >= 0.3 is 0 Å². The summed E-state index contributed by atoms with van der Waals surface area (Å²) in [5, 5.41) is 3.28. The first kappa shape index (κ1) is 13.3. The van der Waals surface area contributed by atoms with E-state index in [2.05, 4.69) is 48.1 Å². The van der Waals surface area contributed by atoms with Crippen LogP contribution in [-0.4, -0.2) is 29.0 Å². The van der Waals surface area contributed by atoms with Gasteiger partial charge in [-0.2, -0.15) is 0 Å². The summed E-state index contributed by atoms with van der Waals surface area (Å²) in [6, 6.07) is 7.00. The van der Waals surface area contributed by atoms with Crippen LogP contribution in [0.3, 0.4) is 0 Å². The Hall–Kier alpha value is -1.09. The third-order valence-electron chi connectivity index (χ3n) is 3.71. The summed E-state index contributed by atoms with van der Waals surface area (Å²) in [5.41, 5.74) is 1.18. The van der Waals surface area contributed by atoms with Crippen LogP contribution in [0.2, 0.25) is 0 Å². The van der Waals surface area contributed by atoms with Crippen molar-refractivity contribution in [2.45, 2.75) is 46.2 Å². The van der Waals surface area contributed by atoms with Gasteiger partial charge in [-0.3, -0.25) is 4.90 Å². The number of likely N-dealkylation sites (tertiary alicyclic amines) is 1. The Kier molecular flexibility index (Phi) is 4.59. The topological polar surface area (TPSA) is 28.2 Å². The van der Waals surface area contributed by atoms with Crippen LogP contribution >= 0.6 is 0 Å². The SMILES string of the molecule is CCNc1cccc(CN2CCCC2C(C)C)n1. The molecule has 1 aliphatic rings. The Labute approximate surface area is 111 Å². The van der Waals surface area contributed by atoms with Gasteiger partial charge in [0.15, 0.2) is 0 Å². The predicted octanol–water partition coefficient (Wildman–Crippen LogP) is 3.13. The predicted molar refractivity (Wildman–Crippen MR) is 76.7 cm³/mol. The van der Waals surface area contributed by atoms with Crippen molar-refractivity contribution < 1.29 is 0 Å². The molecule has 1 saturated heterocycles. The summed E-state index contributed by atoms with van der Waals surface area (Å²) in [4.78, 5) is 7.25. The maximum Gasteiger partial charge on any atom is 0.126 e. The molecule has 2 rings (SSSR count). The summed E-state index contributed by atoms with van der Waals surface area (Å²) in [7, 11) is 0. The number of nitrogens with zero attached hydrogens (tertiary/aromatic N) is 2. The first-order valence-electron chi connectivity index (χ1n) is 7.14. The smallest absolute Gasteiger partial charge is 0.126 e. The van der Waals surface area contributed by atoms with Crippen molar-refractivity contribution in [3.05, 3.63) is 23.9 Å². The van der Waals surface area contributed by atoms with Crippen LogP contribution in [0.4, 0.5) is 5.82 Å². The lowest BCUT2D eigenvalue weighted by molar-refractivity contribution is 0.197. The first-order valence-corrected chi connectivity index (χ1v) is 7.14. The summed E-state index contributed by atoms with van der Waals surface area (Å²) >= 11 is 0. The Balaban J connectivity index is 2.02. The lowest BCUT2D eigenvalue weighted by atomic mass is 10.0. The third-order valence-corrected chi connectivity index (χ3v) is 3.71. The number of rotatable bonds is 5. The van der Waals surface area contributed by atoms with Crippen molar-refractivity contribution in [3.63, 3.8) is 0 Å². The van der Waals surface area contributed by atoms with Gasteiger partial charge in [-0.1, -0.05) is 19.9 Å². The zero-order valence-electron chi connectivity index (χ0n) is 11.8. The highest BCUT2D eigenvalue weighted by Crippen LogP contribution is 2.25. The maximum absolute atomic E-state index is 4.67. The summed E-state index contributed by atoms with van der Waals surface area (Å²) in [5.74, 6) is 1.74. The molecule has 1 aliphatic heterocycles. The molecule has 1 unspecified atom stereocenters. The molecular formula is C15H25N3. The molecule has 1 aromatic rings. The Bertz CT molecular complexity index is 376. The first-order chi connectivity index (χ1) is 8.70. The monoisotopic (exact) mass is 247 g/mol. The molecule has 100 valence electrons. The van der Waals surface area contributed by atoms with Crippen molar-refractivity contribution in [3.8, 4) is 0 Å². The number of hydrogen-bond acceptors (Lipinski definition) is 3. The number of hydrogen-bond donors (Lipinski definition) is 1. The van der Waals surface area contributed by atoms with Gasteiger partial charge in [0, 0.05) is 19.1 Å². The second kappa shape index (κ2) is 6.19. The molecule has 0 spiro atoms. The lowest BCUT2D eigenvalue weighted by Gasteiger charge is -2.27. The summed E-state index contributed by atoms with van der Waals surface area (Å²) in [6.07, 6.45) is 2.67. The highest BCUT2D eigenvalue weighted by molar-refractivity contribution is 5.35. The van der Waals surface area contributed by atoms with Crippen molar-refractivity contribution >= 4 is 5.82 Å². The fourth-order valence-electron chi connectivity index (χ4n) is 2.86. The maximum atomic E-state index is 4.67. The highest BCUT2D eigenvalue weighted by atomic mass is 15.2. The van der Waals surface area contributed by atoms with Gasteiger partial charge in [0.2, 0.25) is 0 Å². The minimum atomic E-state index is 0.731. The molecule has 1 atom stereocenters. The molecule has 0 saturated carbocycles. The largest absolute Gasteiger partial charge is 0.370 e. The van der Waals surface area contributed by atoms with Crippen molar-refractivity contribution in [1.29, 1.82) is 0 Å². The van der Waals surface area contributed by atoms with Crippen LogP contribution in [0.1, 0.15) is 39.3 Å². The van der Waals surface area contributed by atoms with Gasteiger partial charge in [0.05, 0.1) is 5.69 Å².